The van der Waals surface area contributed by atoms with Crippen LogP contribution in [0.1, 0.15) is 17.8 Å². The van der Waals surface area contributed by atoms with Crippen molar-refractivity contribution in [1.82, 2.24) is 9.97 Å². The maximum atomic E-state index is 5.36. The lowest BCUT2D eigenvalue weighted by Crippen LogP contribution is -2.25. The third kappa shape index (κ3) is 2.13. The first-order chi connectivity index (χ1) is 10.8. The SMILES string of the molecule is COc1ccc2c(c1)CCCN2c1nc(C)nc2sccc12. The van der Waals surface area contributed by atoms with Gasteiger partial charge in [0.05, 0.1) is 12.5 Å². The standard InChI is InChI=1S/C17H17N3OS/c1-11-18-16(14-7-9-22-17(14)19-11)20-8-3-4-12-10-13(21-2)5-6-15(12)20/h5-7,9-10H,3-4,8H2,1-2H3. The summed E-state index contributed by atoms with van der Waals surface area (Å²) in [6, 6.07) is 8.42. The lowest BCUT2D eigenvalue weighted by atomic mass is 10.0. The number of anilines is 2. The van der Waals surface area contributed by atoms with Crippen LogP contribution in [0.15, 0.2) is 29.6 Å². The number of thiophene rings is 1. The molecular formula is C17H17N3OS. The van der Waals surface area contributed by atoms with Gasteiger partial charge in [0.1, 0.15) is 22.2 Å². The molecule has 3 aromatic rings. The van der Waals surface area contributed by atoms with Gasteiger partial charge in [0, 0.05) is 12.2 Å². The van der Waals surface area contributed by atoms with Crippen LogP contribution >= 0.6 is 11.3 Å². The van der Waals surface area contributed by atoms with Crippen LogP contribution in [0.4, 0.5) is 11.5 Å². The Morgan fingerprint density at radius 3 is 3.00 bits per heavy atom. The van der Waals surface area contributed by atoms with E-state index >= 15 is 0 Å². The number of benzene rings is 1. The highest BCUT2D eigenvalue weighted by Gasteiger charge is 2.22. The van der Waals surface area contributed by atoms with E-state index in [0.29, 0.717) is 0 Å². The number of methoxy groups -OCH3 is 1. The van der Waals surface area contributed by atoms with Crippen LogP contribution in [0, 0.1) is 6.92 Å². The molecule has 0 saturated heterocycles. The van der Waals surface area contributed by atoms with E-state index in [1.807, 2.05) is 13.0 Å². The monoisotopic (exact) mass is 311 g/mol. The summed E-state index contributed by atoms with van der Waals surface area (Å²) in [6.45, 7) is 2.95. The zero-order valence-electron chi connectivity index (χ0n) is 12.7. The first-order valence-corrected chi connectivity index (χ1v) is 8.30. The summed E-state index contributed by atoms with van der Waals surface area (Å²) in [4.78, 5) is 12.6. The molecule has 1 aromatic carbocycles. The highest BCUT2D eigenvalue weighted by atomic mass is 32.1. The summed E-state index contributed by atoms with van der Waals surface area (Å²) in [5, 5.41) is 3.22. The van der Waals surface area contributed by atoms with Crippen molar-refractivity contribution in [2.75, 3.05) is 18.6 Å². The largest absolute Gasteiger partial charge is 0.497 e. The zero-order chi connectivity index (χ0) is 15.1. The second-order valence-electron chi connectivity index (χ2n) is 5.48. The van der Waals surface area contributed by atoms with Crippen LogP contribution in [0.3, 0.4) is 0 Å². The van der Waals surface area contributed by atoms with Gasteiger partial charge in [-0.1, -0.05) is 0 Å². The van der Waals surface area contributed by atoms with Gasteiger partial charge in [-0.3, -0.25) is 0 Å². The van der Waals surface area contributed by atoms with Gasteiger partial charge in [-0.15, -0.1) is 11.3 Å². The number of ether oxygens (including phenoxy) is 1. The van der Waals surface area contributed by atoms with Gasteiger partial charge in [0.25, 0.3) is 0 Å². The Bertz CT molecular complexity index is 843. The number of hydrogen-bond donors (Lipinski definition) is 0. The number of aryl methyl sites for hydroxylation is 2. The van der Waals surface area contributed by atoms with Gasteiger partial charge in [-0.25, -0.2) is 9.97 Å². The van der Waals surface area contributed by atoms with Crippen LogP contribution in [-0.2, 0) is 6.42 Å². The van der Waals surface area contributed by atoms with Gasteiger partial charge in [-0.2, -0.15) is 0 Å². The number of aromatic nitrogens is 2. The Labute approximate surface area is 133 Å². The molecule has 3 heterocycles. The van der Waals surface area contributed by atoms with Crippen molar-refractivity contribution < 1.29 is 4.74 Å². The summed E-state index contributed by atoms with van der Waals surface area (Å²) in [5.74, 6) is 2.76. The fourth-order valence-electron chi connectivity index (χ4n) is 3.07. The predicted octanol–water partition coefficient (Wildman–Crippen LogP) is 4.09. The fraction of sp³-hybridized carbons (Fsp3) is 0.294. The van der Waals surface area contributed by atoms with E-state index in [2.05, 4.69) is 33.5 Å². The van der Waals surface area contributed by atoms with Gasteiger partial charge >= 0.3 is 0 Å². The molecule has 0 spiro atoms. The molecule has 0 bridgehead atoms. The molecule has 112 valence electrons. The van der Waals surface area contributed by atoms with E-state index in [4.69, 9.17) is 9.72 Å². The summed E-state index contributed by atoms with van der Waals surface area (Å²) in [6.07, 6.45) is 2.20. The zero-order valence-corrected chi connectivity index (χ0v) is 13.5. The molecule has 0 atom stereocenters. The molecule has 0 unspecified atom stereocenters. The van der Waals surface area contributed by atoms with E-state index < -0.39 is 0 Å². The van der Waals surface area contributed by atoms with Crippen LogP contribution in [0.25, 0.3) is 10.2 Å². The molecule has 1 aliphatic rings. The van der Waals surface area contributed by atoms with Crippen molar-refractivity contribution in [2.24, 2.45) is 0 Å². The Morgan fingerprint density at radius 2 is 2.14 bits per heavy atom. The van der Waals surface area contributed by atoms with Gasteiger partial charge in [0.15, 0.2) is 0 Å². The van der Waals surface area contributed by atoms with Crippen molar-refractivity contribution in [3.05, 3.63) is 41.0 Å². The predicted molar refractivity (Wildman–Crippen MR) is 90.5 cm³/mol. The molecule has 0 aliphatic carbocycles. The minimum Gasteiger partial charge on any atom is -0.497 e. The summed E-state index contributed by atoms with van der Waals surface area (Å²) in [7, 11) is 1.71. The molecule has 0 amide bonds. The molecule has 2 aromatic heterocycles. The molecule has 0 saturated carbocycles. The maximum Gasteiger partial charge on any atom is 0.145 e. The molecule has 0 N–H and O–H groups in total. The van der Waals surface area contributed by atoms with E-state index in [0.717, 1.165) is 47.0 Å². The van der Waals surface area contributed by atoms with E-state index in [1.54, 1.807) is 18.4 Å². The van der Waals surface area contributed by atoms with Gasteiger partial charge in [0.2, 0.25) is 0 Å². The molecule has 4 rings (SSSR count). The number of nitrogens with zero attached hydrogens (tertiary/aromatic N) is 3. The van der Waals surface area contributed by atoms with Crippen molar-refractivity contribution in [2.45, 2.75) is 19.8 Å². The quantitative estimate of drug-likeness (QED) is 0.714. The smallest absolute Gasteiger partial charge is 0.145 e. The number of hydrogen-bond acceptors (Lipinski definition) is 5. The minimum atomic E-state index is 0.825. The average Bonchev–Trinajstić information content (AvgIpc) is 3.01. The van der Waals surface area contributed by atoms with Crippen LogP contribution in [-0.4, -0.2) is 23.6 Å². The van der Waals surface area contributed by atoms with Crippen molar-refractivity contribution in [3.63, 3.8) is 0 Å². The summed E-state index contributed by atoms with van der Waals surface area (Å²) >= 11 is 1.67. The minimum absolute atomic E-state index is 0.825. The molecule has 4 nitrogen and oxygen atoms in total. The lowest BCUT2D eigenvalue weighted by molar-refractivity contribution is 0.414. The molecule has 5 heteroatoms. The third-order valence-electron chi connectivity index (χ3n) is 4.08. The molecule has 22 heavy (non-hydrogen) atoms. The highest BCUT2D eigenvalue weighted by molar-refractivity contribution is 7.16. The Balaban J connectivity index is 1.88. The second kappa shape index (κ2) is 5.25. The summed E-state index contributed by atoms with van der Waals surface area (Å²) < 4.78 is 5.36. The first kappa shape index (κ1) is 13.5. The number of fused-ring (bicyclic) bond motifs is 2. The Hall–Kier alpha value is -2.14. The number of rotatable bonds is 2. The lowest BCUT2D eigenvalue weighted by Gasteiger charge is -2.31. The maximum absolute atomic E-state index is 5.36. The normalized spacial score (nSPS) is 14.2. The highest BCUT2D eigenvalue weighted by Crippen LogP contribution is 2.38. The molecule has 0 fully saturated rings. The Kier molecular flexibility index (Phi) is 3.22. The van der Waals surface area contributed by atoms with Gasteiger partial charge < -0.3 is 9.64 Å². The van der Waals surface area contributed by atoms with Crippen LogP contribution in [0.5, 0.6) is 5.75 Å². The van der Waals surface area contributed by atoms with E-state index in [1.165, 1.54) is 11.3 Å². The van der Waals surface area contributed by atoms with E-state index in [-0.39, 0.29) is 0 Å². The van der Waals surface area contributed by atoms with E-state index in [9.17, 15) is 0 Å². The molecular weight excluding hydrogens is 294 g/mol. The van der Waals surface area contributed by atoms with Gasteiger partial charge in [-0.05, 0) is 55.0 Å². The second-order valence-corrected chi connectivity index (χ2v) is 6.38. The first-order valence-electron chi connectivity index (χ1n) is 7.42. The average molecular weight is 311 g/mol. The third-order valence-corrected chi connectivity index (χ3v) is 4.88. The van der Waals surface area contributed by atoms with Crippen molar-refractivity contribution in [3.8, 4) is 5.75 Å². The summed E-state index contributed by atoms with van der Waals surface area (Å²) in [5.41, 5.74) is 2.56. The molecule has 0 radical (unpaired) electrons. The fourth-order valence-corrected chi connectivity index (χ4v) is 3.87. The van der Waals surface area contributed by atoms with Crippen LogP contribution < -0.4 is 9.64 Å². The van der Waals surface area contributed by atoms with Crippen molar-refractivity contribution in [1.29, 1.82) is 0 Å². The molecule has 1 aliphatic heterocycles. The van der Waals surface area contributed by atoms with Crippen LogP contribution in [0.2, 0.25) is 0 Å². The van der Waals surface area contributed by atoms with Crippen molar-refractivity contribution >= 4 is 33.1 Å². The Morgan fingerprint density at radius 1 is 1.23 bits per heavy atom. The topological polar surface area (TPSA) is 38.2 Å².